The maximum absolute atomic E-state index is 12.5. The minimum Gasteiger partial charge on any atom is -0.494 e. The molecule has 1 amide bonds. The maximum Gasteiger partial charge on any atom is 0.335 e. The zero-order valence-electron chi connectivity index (χ0n) is 15.5. The van der Waals surface area contributed by atoms with Gasteiger partial charge < -0.3 is 19.5 Å². The Balaban J connectivity index is 1.59. The van der Waals surface area contributed by atoms with Gasteiger partial charge in [0.2, 0.25) is 0 Å². The van der Waals surface area contributed by atoms with E-state index in [1.807, 2.05) is 31.2 Å². The van der Waals surface area contributed by atoms with Gasteiger partial charge in [0.15, 0.2) is 6.10 Å². The van der Waals surface area contributed by atoms with Crippen LogP contribution in [0.2, 0.25) is 0 Å². The van der Waals surface area contributed by atoms with E-state index in [9.17, 15) is 9.59 Å². The zero-order valence-corrected chi connectivity index (χ0v) is 15.5. The van der Waals surface area contributed by atoms with Gasteiger partial charge in [0.05, 0.1) is 17.9 Å². The Morgan fingerprint density at radius 2 is 2.04 bits per heavy atom. The minimum absolute atomic E-state index is 0.120. The molecule has 0 radical (unpaired) electrons. The summed E-state index contributed by atoms with van der Waals surface area (Å²) in [5, 5.41) is 9.13. The monoisotopic (exact) mass is 369 g/mol. The van der Waals surface area contributed by atoms with Crippen LogP contribution in [0.5, 0.6) is 11.5 Å². The van der Waals surface area contributed by atoms with E-state index in [1.54, 1.807) is 17.9 Å². The minimum atomic E-state index is -1.02. The summed E-state index contributed by atoms with van der Waals surface area (Å²) >= 11 is 0. The number of hydrogen-bond acceptors (Lipinski definition) is 4. The number of rotatable bonds is 7. The average molecular weight is 369 g/mol. The van der Waals surface area contributed by atoms with Gasteiger partial charge in [-0.25, -0.2) is 4.79 Å². The van der Waals surface area contributed by atoms with Crippen LogP contribution in [-0.4, -0.2) is 36.2 Å². The molecule has 0 saturated heterocycles. The predicted molar refractivity (Wildman–Crippen MR) is 102 cm³/mol. The van der Waals surface area contributed by atoms with E-state index in [0.717, 1.165) is 24.2 Å². The number of benzene rings is 2. The lowest BCUT2D eigenvalue weighted by Crippen LogP contribution is -2.45. The van der Waals surface area contributed by atoms with Crippen molar-refractivity contribution in [2.45, 2.75) is 32.8 Å². The van der Waals surface area contributed by atoms with Crippen LogP contribution < -0.4 is 14.4 Å². The first-order chi connectivity index (χ1) is 13.0. The lowest BCUT2D eigenvalue weighted by molar-refractivity contribution is -0.125. The molecule has 0 bridgehead atoms. The highest BCUT2D eigenvalue weighted by Gasteiger charge is 2.31. The second kappa shape index (κ2) is 8.12. The Labute approximate surface area is 158 Å². The van der Waals surface area contributed by atoms with Gasteiger partial charge in [0.1, 0.15) is 11.5 Å². The topological polar surface area (TPSA) is 76.1 Å². The SMILES string of the molecule is Cc1cccc(OCCCCN2C(=O)C(C)Oc3cc(C(=O)O)ccc32)c1. The maximum atomic E-state index is 12.5. The summed E-state index contributed by atoms with van der Waals surface area (Å²) in [4.78, 5) is 25.3. The van der Waals surface area contributed by atoms with Gasteiger partial charge in [-0.05, 0) is 62.6 Å². The standard InChI is InChI=1S/C21H23NO5/c1-14-6-5-7-17(12-14)26-11-4-3-10-22-18-9-8-16(21(24)25)13-19(18)27-15(2)20(22)23/h5-9,12-13,15H,3-4,10-11H2,1-2H3,(H,24,25). The number of anilines is 1. The van der Waals surface area contributed by atoms with Crippen LogP contribution in [0.25, 0.3) is 0 Å². The number of carboxylic acids is 1. The highest BCUT2D eigenvalue weighted by atomic mass is 16.5. The molecule has 27 heavy (non-hydrogen) atoms. The number of aryl methyl sites for hydroxylation is 1. The molecule has 2 aromatic rings. The van der Waals surface area contributed by atoms with Gasteiger partial charge in [-0.3, -0.25) is 4.79 Å². The van der Waals surface area contributed by atoms with Crippen LogP contribution in [0.3, 0.4) is 0 Å². The summed E-state index contributed by atoms with van der Waals surface area (Å²) in [6.07, 6.45) is 0.935. The molecule has 2 aromatic carbocycles. The number of unbranched alkanes of at least 4 members (excludes halogenated alkanes) is 1. The number of fused-ring (bicyclic) bond motifs is 1. The van der Waals surface area contributed by atoms with Gasteiger partial charge in [-0.2, -0.15) is 0 Å². The van der Waals surface area contributed by atoms with Crippen molar-refractivity contribution in [2.24, 2.45) is 0 Å². The number of nitrogens with zero attached hydrogens (tertiary/aromatic N) is 1. The normalized spacial score (nSPS) is 15.9. The van der Waals surface area contributed by atoms with Crippen LogP contribution >= 0.6 is 0 Å². The quantitative estimate of drug-likeness (QED) is 0.754. The molecule has 6 heteroatoms. The highest BCUT2D eigenvalue weighted by molar-refractivity contribution is 6.00. The van der Waals surface area contributed by atoms with E-state index in [0.29, 0.717) is 24.6 Å². The molecule has 1 heterocycles. The molecule has 6 nitrogen and oxygen atoms in total. The van der Waals surface area contributed by atoms with Crippen LogP contribution in [0.1, 0.15) is 35.7 Å². The Morgan fingerprint density at radius 1 is 1.22 bits per heavy atom. The van der Waals surface area contributed by atoms with Gasteiger partial charge in [-0.15, -0.1) is 0 Å². The molecular weight excluding hydrogens is 346 g/mol. The third kappa shape index (κ3) is 4.39. The van der Waals surface area contributed by atoms with Crippen molar-refractivity contribution in [1.82, 2.24) is 0 Å². The van der Waals surface area contributed by atoms with Crippen LogP contribution in [-0.2, 0) is 4.79 Å². The molecule has 3 rings (SSSR count). The largest absolute Gasteiger partial charge is 0.494 e. The van der Waals surface area contributed by atoms with E-state index in [2.05, 4.69) is 0 Å². The zero-order chi connectivity index (χ0) is 19.4. The van der Waals surface area contributed by atoms with Gasteiger partial charge in [0.25, 0.3) is 5.91 Å². The van der Waals surface area contributed by atoms with Gasteiger partial charge in [-0.1, -0.05) is 12.1 Å². The molecule has 1 unspecified atom stereocenters. The van der Waals surface area contributed by atoms with Crippen molar-refractivity contribution >= 4 is 17.6 Å². The van der Waals surface area contributed by atoms with Crippen molar-refractivity contribution in [1.29, 1.82) is 0 Å². The molecule has 1 aliphatic rings. The molecule has 0 aromatic heterocycles. The molecule has 0 aliphatic carbocycles. The van der Waals surface area contributed by atoms with E-state index in [1.165, 1.54) is 12.1 Å². The Bertz CT molecular complexity index is 848. The second-order valence-electron chi connectivity index (χ2n) is 6.61. The Morgan fingerprint density at radius 3 is 2.78 bits per heavy atom. The van der Waals surface area contributed by atoms with Crippen molar-refractivity contribution in [3.63, 3.8) is 0 Å². The molecule has 1 N–H and O–H groups in total. The van der Waals surface area contributed by atoms with Crippen molar-refractivity contribution in [3.05, 3.63) is 53.6 Å². The summed E-state index contributed by atoms with van der Waals surface area (Å²) in [5.74, 6) is 0.131. The number of aromatic carboxylic acids is 1. The predicted octanol–water partition coefficient (Wildman–Crippen LogP) is 3.67. The number of hydrogen-bond donors (Lipinski definition) is 1. The van der Waals surface area contributed by atoms with Crippen LogP contribution in [0.4, 0.5) is 5.69 Å². The molecule has 0 saturated carbocycles. The van der Waals surface area contributed by atoms with Crippen molar-refractivity contribution in [3.8, 4) is 11.5 Å². The smallest absolute Gasteiger partial charge is 0.335 e. The second-order valence-corrected chi connectivity index (χ2v) is 6.61. The Kier molecular flexibility index (Phi) is 5.64. The molecule has 0 spiro atoms. The number of ether oxygens (including phenoxy) is 2. The summed E-state index contributed by atoms with van der Waals surface area (Å²) < 4.78 is 11.3. The van der Waals surface area contributed by atoms with Crippen LogP contribution in [0, 0.1) is 6.92 Å². The van der Waals surface area contributed by atoms with Crippen molar-refractivity contribution < 1.29 is 24.2 Å². The molecule has 142 valence electrons. The van der Waals surface area contributed by atoms with Crippen molar-refractivity contribution in [2.75, 3.05) is 18.1 Å². The van der Waals surface area contributed by atoms with E-state index >= 15 is 0 Å². The average Bonchev–Trinajstić information content (AvgIpc) is 2.64. The molecule has 0 fully saturated rings. The fourth-order valence-corrected chi connectivity index (χ4v) is 3.04. The lowest BCUT2D eigenvalue weighted by Gasteiger charge is -2.33. The number of carbonyl (C=O) groups excluding carboxylic acids is 1. The summed E-state index contributed by atoms with van der Waals surface area (Å²) in [7, 11) is 0. The first-order valence-electron chi connectivity index (χ1n) is 9.00. The molecule has 1 aliphatic heterocycles. The fourth-order valence-electron chi connectivity index (χ4n) is 3.04. The van der Waals surface area contributed by atoms with E-state index in [-0.39, 0.29) is 11.5 Å². The van der Waals surface area contributed by atoms with Gasteiger partial charge in [0, 0.05) is 6.54 Å². The molecule has 1 atom stereocenters. The highest BCUT2D eigenvalue weighted by Crippen LogP contribution is 2.35. The number of carbonyl (C=O) groups is 2. The number of carboxylic acid groups (broad SMARTS) is 1. The first kappa shape index (κ1) is 18.8. The third-order valence-corrected chi connectivity index (χ3v) is 4.45. The third-order valence-electron chi connectivity index (χ3n) is 4.45. The van der Waals surface area contributed by atoms with E-state index < -0.39 is 12.1 Å². The summed E-state index contributed by atoms with van der Waals surface area (Å²) in [5.41, 5.74) is 1.90. The summed E-state index contributed by atoms with van der Waals surface area (Å²) in [6, 6.07) is 12.5. The Hall–Kier alpha value is -3.02. The molecular formula is C21H23NO5. The van der Waals surface area contributed by atoms with E-state index in [4.69, 9.17) is 14.6 Å². The van der Waals surface area contributed by atoms with Crippen LogP contribution in [0.15, 0.2) is 42.5 Å². The first-order valence-corrected chi connectivity index (χ1v) is 9.00. The fraction of sp³-hybridized carbons (Fsp3) is 0.333. The number of amides is 1. The van der Waals surface area contributed by atoms with Gasteiger partial charge >= 0.3 is 5.97 Å². The lowest BCUT2D eigenvalue weighted by atomic mass is 10.1. The summed E-state index contributed by atoms with van der Waals surface area (Å²) in [6.45, 7) is 4.79.